The van der Waals surface area contributed by atoms with Gasteiger partial charge in [-0.05, 0) is 30.7 Å². The molecule has 25 heavy (non-hydrogen) atoms. The van der Waals surface area contributed by atoms with Gasteiger partial charge in [-0.25, -0.2) is 17.6 Å². The predicted octanol–water partition coefficient (Wildman–Crippen LogP) is 3.54. The summed E-state index contributed by atoms with van der Waals surface area (Å²) in [6.07, 6.45) is 0. The van der Waals surface area contributed by atoms with Crippen molar-refractivity contribution in [3.05, 3.63) is 63.2 Å². The van der Waals surface area contributed by atoms with E-state index in [1.54, 1.807) is 6.92 Å². The first kappa shape index (κ1) is 19.3. The Morgan fingerprint density at radius 1 is 1.08 bits per heavy atom. The van der Waals surface area contributed by atoms with Gasteiger partial charge in [-0.1, -0.05) is 11.6 Å². The molecule has 0 aromatic heterocycles. The van der Waals surface area contributed by atoms with Crippen LogP contribution in [0.1, 0.15) is 26.3 Å². The van der Waals surface area contributed by atoms with Crippen molar-refractivity contribution in [2.24, 2.45) is 0 Å². The van der Waals surface area contributed by atoms with Crippen LogP contribution in [-0.4, -0.2) is 17.5 Å². The lowest BCUT2D eigenvalue weighted by Gasteiger charge is -2.12. The number of hydrogen-bond donors (Lipinski definition) is 0. The summed E-state index contributed by atoms with van der Waals surface area (Å²) in [4.78, 5) is 21.5. The highest BCUT2D eigenvalue weighted by Crippen LogP contribution is 2.32. The Morgan fingerprint density at radius 3 is 2.12 bits per heavy atom. The normalized spacial score (nSPS) is 10.8. The van der Waals surface area contributed by atoms with Gasteiger partial charge in [0.1, 0.15) is 0 Å². The summed E-state index contributed by atoms with van der Waals surface area (Å²) in [5.41, 5.74) is -1.04. The van der Waals surface area contributed by atoms with Gasteiger partial charge in [0.25, 0.3) is 0 Å². The number of aromatic carboxylic acids is 1. The van der Waals surface area contributed by atoms with Gasteiger partial charge in [0, 0.05) is 10.6 Å². The van der Waals surface area contributed by atoms with Gasteiger partial charge in [-0.15, -0.1) is 11.8 Å². The third-order valence-electron chi connectivity index (χ3n) is 3.25. The molecule has 0 aliphatic rings. The van der Waals surface area contributed by atoms with E-state index in [4.69, 9.17) is 11.6 Å². The molecule has 0 heterocycles. The van der Waals surface area contributed by atoms with Crippen LogP contribution in [0.4, 0.5) is 17.6 Å². The smallest absolute Gasteiger partial charge is 0.176 e. The fourth-order valence-electron chi connectivity index (χ4n) is 1.96. The summed E-state index contributed by atoms with van der Waals surface area (Å²) < 4.78 is 54.8. The maximum absolute atomic E-state index is 13.8. The number of ketones is 1. The Morgan fingerprint density at radius 2 is 1.64 bits per heavy atom. The van der Waals surface area contributed by atoms with Crippen molar-refractivity contribution in [3.63, 3.8) is 0 Å². The van der Waals surface area contributed by atoms with E-state index in [9.17, 15) is 32.3 Å². The Bertz CT molecular complexity index is 857. The van der Waals surface area contributed by atoms with Gasteiger partial charge < -0.3 is 9.90 Å². The van der Waals surface area contributed by atoms with E-state index in [1.165, 1.54) is 18.2 Å². The number of benzene rings is 2. The molecule has 0 radical (unpaired) electrons. The molecule has 2 aromatic carbocycles. The van der Waals surface area contributed by atoms with Gasteiger partial charge in [-0.2, -0.15) is 0 Å². The zero-order chi connectivity index (χ0) is 18.9. The lowest BCUT2D eigenvalue weighted by atomic mass is 10.1. The first-order valence-corrected chi connectivity index (χ1v) is 8.01. The van der Waals surface area contributed by atoms with Gasteiger partial charge in [0.15, 0.2) is 29.1 Å². The SMILES string of the molecule is Cc1cc(C(=O)CSc2c(F)c(F)c(C(=O)[O-])c(F)c2F)ccc1Cl. The quantitative estimate of drug-likeness (QED) is 0.338. The topological polar surface area (TPSA) is 57.2 Å². The van der Waals surface area contributed by atoms with E-state index in [2.05, 4.69) is 0 Å². The lowest BCUT2D eigenvalue weighted by molar-refractivity contribution is -0.255. The van der Waals surface area contributed by atoms with Crippen LogP contribution < -0.4 is 5.11 Å². The Balaban J connectivity index is 2.30. The van der Waals surface area contributed by atoms with Crippen LogP contribution in [0.2, 0.25) is 5.02 Å². The van der Waals surface area contributed by atoms with E-state index in [-0.39, 0.29) is 17.3 Å². The fraction of sp³-hybridized carbons (Fsp3) is 0.125. The highest BCUT2D eigenvalue weighted by atomic mass is 35.5. The molecule has 0 N–H and O–H groups in total. The second-order valence-electron chi connectivity index (χ2n) is 4.92. The third-order valence-corrected chi connectivity index (χ3v) is 4.73. The number of carboxylic acids is 1. The van der Waals surface area contributed by atoms with Gasteiger partial charge >= 0.3 is 0 Å². The maximum atomic E-state index is 13.8. The summed E-state index contributed by atoms with van der Waals surface area (Å²) in [6.45, 7) is 1.65. The van der Waals surface area contributed by atoms with Crippen molar-refractivity contribution < 1.29 is 32.3 Å². The molecule has 0 saturated carbocycles. The largest absolute Gasteiger partial charge is 0.545 e. The van der Waals surface area contributed by atoms with Crippen LogP contribution in [0.15, 0.2) is 23.1 Å². The molecule has 3 nitrogen and oxygen atoms in total. The van der Waals surface area contributed by atoms with Crippen molar-refractivity contribution in [1.82, 2.24) is 0 Å². The number of aryl methyl sites for hydroxylation is 1. The summed E-state index contributed by atoms with van der Waals surface area (Å²) in [7, 11) is 0. The first-order chi connectivity index (χ1) is 11.6. The number of carbonyl (C=O) groups excluding carboxylic acids is 2. The summed E-state index contributed by atoms with van der Waals surface area (Å²) in [5.74, 6) is -11.5. The Labute approximate surface area is 148 Å². The molecule has 0 aliphatic heterocycles. The number of hydrogen-bond acceptors (Lipinski definition) is 4. The van der Waals surface area contributed by atoms with Gasteiger partial charge in [-0.3, -0.25) is 4.79 Å². The second kappa shape index (κ2) is 7.45. The molecule has 0 aliphatic carbocycles. The van der Waals surface area contributed by atoms with Gasteiger partial charge in [0.05, 0.1) is 22.2 Å². The van der Waals surface area contributed by atoms with Crippen molar-refractivity contribution in [2.75, 3.05) is 5.75 Å². The zero-order valence-electron chi connectivity index (χ0n) is 12.5. The molecule has 0 fully saturated rings. The van der Waals surface area contributed by atoms with E-state index >= 15 is 0 Å². The van der Waals surface area contributed by atoms with E-state index < -0.39 is 51.2 Å². The molecule has 0 saturated heterocycles. The van der Waals surface area contributed by atoms with Crippen molar-refractivity contribution in [2.45, 2.75) is 11.8 Å². The molecule has 0 amide bonds. The Kier molecular flexibility index (Phi) is 5.74. The fourth-order valence-corrected chi connectivity index (χ4v) is 2.95. The highest BCUT2D eigenvalue weighted by molar-refractivity contribution is 8.00. The zero-order valence-corrected chi connectivity index (χ0v) is 14.0. The van der Waals surface area contributed by atoms with Gasteiger partial charge in [0.2, 0.25) is 0 Å². The third kappa shape index (κ3) is 3.80. The number of carbonyl (C=O) groups is 2. The molecule has 0 bridgehead atoms. The number of halogens is 5. The minimum atomic E-state index is -2.39. The van der Waals surface area contributed by atoms with Crippen LogP contribution in [0.5, 0.6) is 0 Å². The standard InChI is InChI=1S/C16H9ClF4O3S/c1-6-4-7(2-3-8(6)17)9(22)5-25-15-13(20)11(18)10(16(23)24)12(19)14(15)21/h2-4H,5H2,1H3,(H,23,24)/p-1. The van der Waals surface area contributed by atoms with Crippen LogP contribution in [0, 0.1) is 30.2 Å². The van der Waals surface area contributed by atoms with Crippen LogP contribution in [0.25, 0.3) is 0 Å². The molecular formula is C16H8ClF4O3S-. The molecular weight excluding hydrogens is 384 g/mol. The van der Waals surface area contributed by atoms with E-state index in [0.29, 0.717) is 10.6 Å². The summed E-state index contributed by atoms with van der Waals surface area (Å²) in [6, 6.07) is 4.31. The second-order valence-corrected chi connectivity index (χ2v) is 6.32. The number of carboxylic acid groups (broad SMARTS) is 1. The molecule has 9 heteroatoms. The predicted molar refractivity (Wildman–Crippen MR) is 81.8 cm³/mol. The molecule has 2 rings (SSSR count). The summed E-state index contributed by atoms with van der Waals surface area (Å²) in [5, 5.41) is 11.0. The minimum absolute atomic E-state index is 0.197. The molecule has 132 valence electrons. The van der Waals surface area contributed by atoms with E-state index in [0.717, 1.165) is 0 Å². The van der Waals surface area contributed by atoms with E-state index in [1.807, 2.05) is 0 Å². The summed E-state index contributed by atoms with van der Waals surface area (Å²) >= 11 is 6.03. The highest BCUT2D eigenvalue weighted by Gasteiger charge is 2.26. The average Bonchev–Trinajstić information content (AvgIpc) is 2.55. The van der Waals surface area contributed by atoms with Crippen molar-refractivity contribution in [1.29, 1.82) is 0 Å². The maximum Gasteiger partial charge on any atom is 0.176 e. The van der Waals surface area contributed by atoms with Crippen molar-refractivity contribution >= 4 is 35.1 Å². The van der Waals surface area contributed by atoms with Crippen molar-refractivity contribution in [3.8, 4) is 0 Å². The van der Waals surface area contributed by atoms with Crippen LogP contribution in [-0.2, 0) is 0 Å². The Hall–Kier alpha value is -2.06. The van der Waals surface area contributed by atoms with Crippen LogP contribution in [0.3, 0.4) is 0 Å². The molecule has 0 unspecified atom stereocenters. The lowest BCUT2D eigenvalue weighted by Crippen LogP contribution is -2.26. The molecule has 0 spiro atoms. The number of rotatable bonds is 5. The number of Topliss-reactive ketones (excluding diaryl/α,β-unsaturated/α-hetero) is 1. The average molecular weight is 392 g/mol. The van der Waals surface area contributed by atoms with Crippen LogP contribution >= 0.6 is 23.4 Å². The molecule has 0 atom stereocenters. The monoisotopic (exact) mass is 391 g/mol. The molecule has 2 aromatic rings. The minimum Gasteiger partial charge on any atom is -0.545 e. The number of thioether (sulfide) groups is 1. The first-order valence-electron chi connectivity index (χ1n) is 6.64.